The van der Waals surface area contributed by atoms with Crippen LogP contribution in [0.5, 0.6) is 5.75 Å². The number of methoxy groups -OCH3 is 1. The minimum Gasteiger partial charge on any atom is -0.497 e. The van der Waals surface area contributed by atoms with Crippen molar-refractivity contribution in [3.63, 3.8) is 0 Å². The zero-order chi connectivity index (χ0) is 20.9. The molecule has 0 saturated heterocycles. The summed E-state index contributed by atoms with van der Waals surface area (Å²) in [7, 11) is 1.65. The zero-order valence-corrected chi connectivity index (χ0v) is 17.8. The molecule has 0 saturated carbocycles. The third-order valence-electron chi connectivity index (χ3n) is 4.48. The summed E-state index contributed by atoms with van der Waals surface area (Å²) in [6.07, 6.45) is 0. The Morgan fingerprint density at radius 1 is 1.10 bits per heavy atom. The monoisotopic (exact) mass is 415 g/mol. The molecule has 0 radical (unpaired) electrons. The molecule has 4 rings (SSSR count). The number of rotatable bonds is 5. The molecule has 150 valence electrons. The second-order valence-corrected chi connectivity index (χ2v) is 7.91. The summed E-state index contributed by atoms with van der Waals surface area (Å²) in [5, 5.41) is 15.8. The van der Waals surface area contributed by atoms with Crippen LogP contribution in [0.3, 0.4) is 0 Å². The van der Waals surface area contributed by atoms with Gasteiger partial charge in [-0.25, -0.2) is 4.98 Å². The number of tetrazole rings is 1. The van der Waals surface area contributed by atoms with Crippen LogP contribution >= 0.6 is 11.3 Å². The molecule has 0 aliphatic rings. The highest BCUT2D eigenvalue weighted by atomic mass is 32.1. The summed E-state index contributed by atoms with van der Waals surface area (Å²) in [6.45, 7) is 4.80. The maximum absolute atomic E-state index is 5.19. The van der Waals surface area contributed by atoms with Gasteiger partial charge < -0.3 is 4.74 Å². The van der Waals surface area contributed by atoms with E-state index < -0.39 is 0 Å². The first kappa shape index (κ1) is 19.8. The Morgan fingerprint density at radius 2 is 1.93 bits per heavy atom. The second kappa shape index (κ2) is 8.89. The molecule has 0 amide bonds. The van der Waals surface area contributed by atoms with E-state index >= 15 is 0 Å². The van der Waals surface area contributed by atoms with E-state index in [0.717, 1.165) is 33.1 Å². The average Bonchev–Trinajstić information content (AvgIpc) is 3.43. The lowest BCUT2D eigenvalue weighted by Gasteiger charge is -2.02. The first-order valence-corrected chi connectivity index (χ1v) is 10.5. The largest absolute Gasteiger partial charge is 0.497 e. The number of benzene rings is 2. The maximum atomic E-state index is 5.19. The highest BCUT2D eigenvalue weighted by Gasteiger charge is 2.07. The van der Waals surface area contributed by atoms with Crippen LogP contribution in [0.2, 0.25) is 0 Å². The van der Waals surface area contributed by atoms with Crippen molar-refractivity contribution in [2.45, 2.75) is 26.3 Å². The Morgan fingerprint density at radius 3 is 2.67 bits per heavy atom. The van der Waals surface area contributed by atoms with Crippen molar-refractivity contribution in [2.75, 3.05) is 7.11 Å². The van der Waals surface area contributed by atoms with Crippen LogP contribution in [0.4, 0.5) is 0 Å². The molecule has 0 bridgehead atoms. The lowest BCUT2D eigenvalue weighted by atomic mass is 10.1. The fourth-order valence-electron chi connectivity index (χ4n) is 2.79. The van der Waals surface area contributed by atoms with E-state index in [2.05, 4.69) is 51.5 Å². The Kier molecular flexibility index (Phi) is 5.87. The van der Waals surface area contributed by atoms with Crippen LogP contribution in [0.25, 0.3) is 11.4 Å². The molecule has 0 aliphatic carbocycles. The lowest BCUT2D eigenvalue weighted by Crippen LogP contribution is -2.04. The molecule has 0 fully saturated rings. The smallest absolute Gasteiger partial charge is 0.204 e. The van der Waals surface area contributed by atoms with Crippen LogP contribution in [-0.2, 0) is 6.54 Å². The molecule has 0 N–H and O–H groups in total. The van der Waals surface area contributed by atoms with Gasteiger partial charge in [-0.1, -0.05) is 44.0 Å². The van der Waals surface area contributed by atoms with Gasteiger partial charge in [0.05, 0.1) is 19.3 Å². The van der Waals surface area contributed by atoms with Crippen LogP contribution in [0, 0.1) is 11.8 Å². The van der Waals surface area contributed by atoms with E-state index in [4.69, 9.17) is 4.74 Å². The highest BCUT2D eigenvalue weighted by Crippen LogP contribution is 2.18. The molecular formula is C23H21N5OS. The van der Waals surface area contributed by atoms with Crippen molar-refractivity contribution in [2.24, 2.45) is 0 Å². The quantitative estimate of drug-likeness (QED) is 0.453. The number of aromatic nitrogens is 5. The predicted octanol–water partition coefficient (Wildman–Crippen LogP) is 4.38. The van der Waals surface area contributed by atoms with Crippen molar-refractivity contribution >= 4 is 11.3 Å². The van der Waals surface area contributed by atoms with Crippen molar-refractivity contribution in [1.29, 1.82) is 0 Å². The maximum Gasteiger partial charge on any atom is 0.204 e. The topological polar surface area (TPSA) is 65.7 Å². The third-order valence-corrected chi connectivity index (χ3v) is 5.26. The first-order valence-electron chi connectivity index (χ1n) is 9.59. The number of hydrogen-bond acceptors (Lipinski definition) is 6. The fourth-order valence-corrected chi connectivity index (χ4v) is 3.62. The third kappa shape index (κ3) is 4.73. The molecule has 2 heterocycles. The van der Waals surface area contributed by atoms with Crippen LogP contribution in [0.1, 0.15) is 41.6 Å². The van der Waals surface area contributed by atoms with E-state index in [9.17, 15) is 0 Å². The molecule has 0 aliphatic heterocycles. The van der Waals surface area contributed by atoms with E-state index in [-0.39, 0.29) is 0 Å². The van der Waals surface area contributed by atoms with Gasteiger partial charge in [-0.05, 0) is 46.9 Å². The first-order chi connectivity index (χ1) is 14.6. The van der Waals surface area contributed by atoms with Gasteiger partial charge in [0.25, 0.3) is 0 Å². The van der Waals surface area contributed by atoms with E-state index in [0.29, 0.717) is 18.3 Å². The SMILES string of the molecule is COc1ccc(Cn2nnc(-c3cccc(C#Cc4nc(C(C)C)cs4)c3)n2)cc1. The molecule has 0 atom stereocenters. The number of ether oxygens (including phenoxy) is 1. The van der Waals surface area contributed by atoms with Crippen molar-refractivity contribution in [1.82, 2.24) is 25.2 Å². The standard InChI is InChI=1S/C23H21N5OS/c1-16(2)21-15-30-22(24-21)12-9-17-5-4-6-19(13-17)23-25-27-28(26-23)14-18-7-10-20(29-3)11-8-18/h4-8,10-11,13,15-16H,14H2,1-3H3. The zero-order valence-electron chi connectivity index (χ0n) is 17.0. The average molecular weight is 416 g/mol. The summed E-state index contributed by atoms with van der Waals surface area (Å²) in [5.41, 5.74) is 3.92. The molecule has 0 unspecified atom stereocenters. The Hall–Kier alpha value is -3.50. The van der Waals surface area contributed by atoms with Gasteiger partial charge in [0, 0.05) is 16.5 Å². The molecule has 2 aromatic carbocycles. The van der Waals surface area contributed by atoms with Crippen LogP contribution in [-0.4, -0.2) is 32.3 Å². The molecule has 4 aromatic rings. The van der Waals surface area contributed by atoms with Crippen LogP contribution < -0.4 is 4.74 Å². The highest BCUT2D eigenvalue weighted by molar-refractivity contribution is 7.10. The van der Waals surface area contributed by atoms with Crippen molar-refractivity contribution in [3.05, 3.63) is 75.7 Å². The van der Waals surface area contributed by atoms with E-state index in [1.807, 2.05) is 48.5 Å². The Labute approximate surface area is 179 Å². The second-order valence-electron chi connectivity index (χ2n) is 7.05. The molecule has 7 heteroatoms. The molecule has 2 aromatic heterocycles. The molecule has 30 heavy (non-hydrogen) atoms. The number of nitrogens with zero attached hydrogens (tertiary/aromatic N) is 5. The Balaban J connectivity index is 1.49. The number of hydrogen-bond donors (Lipinski definition) is 0. The van der Waals surface area contributed by atoms with Crippen molar-refractivity contribution < 1.29 is 4.74 Å². The summed E-state index contributed by atoms with van der Waals surface area (Å²) >= 11 is 1.57. The van der Waals surface area contributed by atoms with Gasteiger partial charge in [-0.15, -0.1) is 21.5 Å². The van der Waals surface area contributed by atoms with Gasteiger partial charge in [0.15, 0.2) is 5.01 Å². The van der Waals surface area contributed by atoms with Gasteiger partial charge in [-0.3, -0.25) is 0 Å². The number of thiazole rings is 1. The van der Waals surface area contributed by atoms with Gasteiger partial charge >= 0.3 is 0 Å². The van der Waals surface area contributed by atoms with Crippen LogP contribution in [0.15, 0.2) is 53.9 Å². The van der Waals surface area contributed by atoms with Gasteiger partial charge in [0.1, 0.15) is 5.75 Å². The molecule has 6 nitrogen and oxygen atoms in total. The van der Waals surface area contributed by atoms with Gasteiger partial charge in [0.2, 0.25) is 5.82 Å². The minimum atomic E-state index is 0.409. The van der Waals surface area contributed by atoms with E-state index in [1.165, 1.54) is 0 Å². The summed E-state index contributed by atoms with van der Waals surface area (Å²) < 4.78 is 5.19. The minimum absolute atomic E-state index is 0.409. The van der Waals surface area contributed by atoms with E-state index in [1.54, 1.807) is 23.2 Å². The summed E-state index contributed by atoms with van der Waals surface area (Å²) in [6, 6.07) is 15.7. The van der Waals surface area contributed by atoms with Gasteiger partial charge in [-0.2, -0.15) is 4.80 Å². The normalized spacial score (nSPS) is 10.7. The molecule has 0 spiro atoms. The summed E-state index contributed by atoms with van der Waals surface area (Å²) in [5.74, 6) is 8.13. The predicted molar refractivity (Wildman–Crippen MR) is 118 cm³/mol. The Bertz CT molecular complexity index is 1200. The van der Waals surface area contributed by atoms with Crippen molar-refractivity contribution in [3.8, 4) is 29.0 Å². The molecular weight excluding hydrogens is 394 g/mol. The summed E-state index contributed by atoms with van der Waals surface area (Å²) in [4.78, 5) is 6.14. The lowest BCUT2D eigenvalue weighted by molar-refractivity contribution is 0.414. The fraction of sp³-hybridized carbons (Fsp3) is 0.217.